The Kier molecular flexibility index (Phi) is 6.66. The molecular formula is C11H21N2O3P. The predicted molar refractivity (Wildman–Crippen MR) is 67.6 cm³/mol. The standard InChI is InChI=1S/C11H21N2O3P/c1-5-14-17(15-9(2)3)16-10(4)8-11-12-6-7-13-11/h6-7,9-10H,5,8H2,1-4H3,(H,12,13)/t10-,17?/m0/s1. The van der Waals surface area contributed by atoms with E-state index >= 15 is 0 Å². The summed E-state index contributed by atoms with van der Waals surface area (Å²) in [7, 11) is -1.26. The van der Waals surface area contributed by atoms with Crippen molar-refractivity contribution in [3.63, 3.8) is 0 Å². The summed E-state index contributed by atoms with van der Waals surface area (Å²) < 4.78 is 16.7. The quantitative estimate of drug-likeness (QED) is 0.730. The molecule has 0 aliphatic carbocycles. The van der Waals surface area contributed by atoms with Gasteiger partial charge < -0.3 is 18.6 Å². The van der Waals surface area contributed by atoms with Gasteiger partial charge in [-0.25, -0.2) is 4.98 Å². The van der Waals surface area contributed by atoms with Crippen LogP contribution in [0.15, 0.2) is 12.4 Å². The van der Waals surface area contributed by atoms with E-state index in [1.807, 2.05) is 27.7 Å². The number of H-pyrrole nitrogens is 1. The Morgan fingerprint density at radius 1 is 1.35 bits per heavy atom. The fraction of sp³-hybridized carbons (Fsp3) is 0.727. The molecule has 1 unspecified atom stereocenters. The molecule has 0 aromatic carbocycles. The second-order valence-electron chi connectivity index (χ2n) is 3.95. The second-order valence-corrected chi connectivity index (χ2v) is 5.08. The van der Waals surface area contributed by atoms with Crippen LogP contribution in [-0.2, 0) is 20.0 Å². The minimum Gasteiger partial charge on any atom is -0.349 e. The molecule has 1 aromatic heterocycles. The third-order valence-electron chi connectivity index (χ3n) is 1.83. The zero-order chi connectivity index (χ0) is 12.7. The van der Waals surface area contributed by atoms with Crippen LogP contribution in [0.3, 0.4) is 0 Å². The third kappa shape index (κ3) is 6.13. The molecule has 1 aromatic rings. The number of rotatable bonds is 8. The van der Waals surface area contributed by atoms with Crippen LogP contribution in [-0.4, -0.2) is 28.8 Å². The van der Waals surface area contributed by atoms with Crippen LogP contribution in [0.25, 0.3) is 0 Å². The Hall–Kier alpha value is -0.480. The van der Waals surface area contributed by atoms with Gasteiger partial charge in [-0.1, -0.05) is 0 Å². The van der Waals surface area contributed by atoms with Crippen LogP contribution < -0.4 is 0 Å². The molecule has 17 heavy (non-hydrogen) atoms. The van der Waals surface area contributed by atoms with E-state index in [-0.39, 0.29) is 12.2 Å². The first-order valence-electron chi connectivity index (χ1n) is 5.86. The van der Waals surface area contributed by atoms with Gasteiger partial charge in [-0.2, -0.15) is 0 Å². The lowest BCUT2D eigenvalue weighted by atomic mass is 10.3. The Labute approximate surface area is 104 Å². The molecule has 2 atom stereocenters. The van der Waals surface area contributed by atoms with E-state index < -0.39 is 8.60 Å². The molecule has 0 aliphatic rings. The number of aromatic nitrogens is 2. The first-order chi connectivity index (χ1) is 8.11. The Morgan fingerprint density at radius 2 is 2.12 bits per heavy atom. The number of hydrogen-bond acceptors (Lipinski definition) is 4. The molecular weight excluding hydrogens is 239 g/mol. The smallest absolute Gasteiger partial charge is 0.333 e. The summed E-state index contributed by atoms with van der Waals surface area (Å²) in [5.41, 5.74) is 0. The number of nitrogens with one attached hydrogen (secondary N) is 1. The summed E-state index contributed by atoms with van der Waals surface area (Å²) in [4.78, 5) is 7.21. The topological polar surface area (TPSA) is 56.4 Å². The molecule has 0 amide bonds. The highest BCUT2D eigenvalue weighted by atomic mass is 31.2. The maximum atomic E-state index is 5.74. The lowest BCUT2D eigenvalue weighted by Gasteiger charge is -2.21. The summed E-state index contributed by atoms with van der Waals surface area (Å²) in [5.74, 6) is 0.911. The molecule has 0 spiro atoms. The van der Waals surface area contributed by atoms with Crippen molar-refractivity contribution in [2.24, 2.45) is 0 Å². The van der Waals surface area contributed by atoms with Crippen LogP contribution in [0, 0.1) is 0 Å². The number of nitrogens with zero attached hydrogens (tertiary/aromatic N) is 1. The van der Waals surface area contributed by atoms with Crippen LogP contribution >= 0.6 is 8.60 Å². The van der Waals surface area contributed by atoms with Gasteiger partial charge in [0, 0.05) is 18.8 Å². The van der Waals surface area contributed by atoms with Crippen LogP contribution in [0.1, 0.15) is 33.5 Å². The van der Waals surface area contributed by atoms with E-state index in [0.29, 0.717) is 6.61 Å². The van der Waals surface area contributed by atoms with Crippen molar-refractivity contribution >= 4 is 8.60 Å². The molecule has 0 radical (unpaired) electrons. The average Bonchev–Trinajstić information content (AvgIpc) is 2.69. The van der Waals surface area contributed by atoms with Crippen LogP contribution in [0.5, 0.6) is 0 Å². The van der Waals surface area contributed by atoms with Gasteiger partial charge in [-0.15, -0.1) is 0 Å². The Morgan fingerprint density at radius 3 is 2.65 bits per heavy atom. The Bertz CT molecular complexity index is 293. The molecule has 6 heteroatoms. The molecule has 0 saturated carbocycles. The molecule has 0 fully saturated rings. The van der Waals surface area contributed by atoms with Crippen molar-refractivity contribution < 1.29 is 13.6 Å². The van der Waals surface area contributed by atoms with Crippen molar-refractivity contribution in [2.75, 3.05) is 6.61 Å². The molecule has 1 rings (SSSR count). The largest absolute Gasteiger partial charge is 0.349 e. The first kappa shape index (κ1) is 14.6. The maximum absolute atomic E-state index is 5.74. The molecule has 0 aliphatic heterocycles. The molecule has 98 valence electrons. The van der Waals surface area contributed by atoms with E-state index in [1.54, 1.807) is 12.4 Å². The first-order valence-corrected chi connectivity index (χ1v) is 6.96. The summed E-state index contributed by atoms with van der Waals surface area (Å²) in [6, 6.07) is 0. The van der Waals surface area contributed by atoms with Gasteiger partial charge in [0.15, 0.2) is 0 Å². The predicted octanol–water partition coefficient (Wildman–Crippen LogP) is 3.05. The SMILES string of the molecule is CCOP(OC(C)C)O[C@@H](C)Cc1ncc[nH]1. The minimum atomic E-state index is -1.26. The molecule has 1 N–H and O–H groups in total. The van der Waals surface area contributed by atoms with Gasteiger partial charge in [-0.3, -0.25) is 0 Å². The van der Waals surface area contributed by atoms with Gasteiger partial charge in [0.1, 0.15) is 5.82 Å². The second kappa shape index (κ2) is 7.77. The zero-order valence-electron chi connectivity index (χ0n) is 10.8. The summed E-state index contributed by atoms with van der Waals surface area (Å²) >= 11 is 0. The number of aromatic amines is 1. The maximum Gasteiger partial charge on any atom is 0.333 e. The van der Waals surface area contributed by atoms with Gasteiger partial charge in [0.2, 0.25) is 0 Å². The minimum absolute atomic E-state index is 0.0116. The van der Waals surface area contributed by atoms with E-state index in [9.17, 15) is 0 Å². The summed E-state index contributed by atoms with van der Waals surface area (Å²) in [6.45, 7) is 8.44. The van der Waals surface area contributed by atoms with E-state index in [2.05, 4.69) is 9.97 Å². The van der Waals surface area contributed by atoms with Gasteiger partial charge in [-0.05, 0) is 27.7 Å². The molecule has 1 heterocycles. The lowest BCUT2D eigenvalue weighted by molar-refractivity contribution is 0.108. The lowest BCUT2D eigenvalue weighted by Crippen LogP contribution is -2.13. The van der Waals surface area contributed by atoms with Crippen molar-refractivity contribution in [3.8, 4) is 0 Å². The van der Waals surface area contributed by atoms with E-state index in [0.717, 1.165) is 12.2 Å². The van der Waals surface area contributed by atoms with E-state index in [4.69, 9.17) is 13.6 Å². The third-order valence-corrected chi connectivity index (χ3v) is 3.43. The highest BCUT2D eigenvalue weighted by Crippen LogP contribution is 2.42. The number of imidazole rings is 1. The summed E-state index contributed by atoms with van der Waals surface area (Å²) in [6.07, 6.45) is 4.37. The summed E-state index contributed by atoms with van der Waals surface area (Å²) in [5, 5.41) is 0. The van der Waals surface area contributed by atoms with Crippen molar-refractivity contribution in [3.05, 3.63) is 18.2 Å². The van der Waals surface area contributed by atoms with Crippen molar-refractivity contribution in [2.45, 2.75) is 46.3 Å². The Balaban J connectivity index is 2.37. The van der Waals surface area contributed by atoms with Gasteiger partial charge in [0.05, 0.1) is 18.8 Å². The highest BCUT2D eigenvalue weighted by molar-refractivity contribution is 7.41. The fourth-order valence-electron chi connectivity index (χ4n) is 1.23. The normalized spacial score (nSPS) is 15.1. The fourth-order valence-corrected chi connectivity index (χ4v) is 2.32. The zero-order valence-corrected chi connectivity index (χ0v) is 11.7. The van der Waals surface area contributed by atoms with Crippen molar-refractivity contribution in [1.82, 2.24) is 9.97 Å². The molecule has 0 saturated heterocycles. The van der Waals surface area contributed by atoms with Gasteiger partial charge >= 0.3 is 8.60 Å². The van der Waals surface area contributed by atoms with Gasteiger partial charge in [0.25, 0.3) is 0 Å². The number of hydrogen-bond donors (Lipinski definition) is 1. The molecule has 5 nitrogen and oxygen atoms in total. The molecule has 0 bridgehead atoms. The highest BCUT2D eigenvalue weighted by Gasteiger charge is 2.18. The van der Waals surface area contributed by atoms with E-state index in [1.165, 1.54) is 0 Å². The average molecular weight is 260 g/mol. The van der Waals surface area contributed by atoms with Crippen LogP contribution in [0.4, 0.5) is 0 Å². The monoisotopic (exact) mass is 260 g/mol. The van der Waals surface area contributed by atoms with Crippen molar-refractivity contribution in [1.29, 1.82) is 0 Å². The van der Waals surface area contributed by atoms with Crippen LogP contribution in [0.2, 0.25) is 0 Å².